The average molecular weight is 309 g/mol. The average Bonchev–Trinajstić information content (AvgIpc) is 3.22. The second kappa shape index (κ2) is 5.76. The van der Waals surface area contributed by atoms with Crippen LogP contribution in [0.15, 0.2) is 36.7 Å². The van der Waals surface area contributed by atoms with E-state index in [9.17, 15) is 13.2 Å². The lowest BCUT2D eigenvalue weighted by atomic mass is 10.1. The van der Waals surface area contributed by atoms with Crippen molar-refractivity contribution in [2.45, 2.75) is 38.1 Å². The molecule has 1 fully saturated rings. The Morgan fingerprint density at radius 2 is 1.95 bits per heavy atom. The SMILES string of the molecule is Cn1cc(CN(Cc2ccccc2C(F)(F)F)C2CC2)cn1. The lowest BCUT2D eigenvalue weighted by molar-refractivity contribution is -0.138. The van der Waals surface area contributed by atoms with Crippen molar-refractivity contribution in [2.75, 3.05) is 0 Å². The Balaban J connectivity index is 1.80. The molecule has 0 radical (unpaired) electrons. The number of benzene rings is 1. The second-order valence-electron chi connectivity index (χ2n) is 5.81. The molecule has 0 saturated heterocycles. The quantitative estimate of drug-likeness (QED) is 0.841. The highest BCUT2D eigenvalue weighted by atomic mass is 19.4. The zero-order valence-corrected chi connectivity index (χ0v) is 12.3. The van der Waals surface area contributed by atoms with Crippen molar-refractivity contribution in [3.05, 3.63) is 53.3 Å². The molecule has 3 rings (SSSR count). The number of nitrogens with zero attached hydrogens (tertiary/aromatic N) is 3. The van der Waals surface area contributed by atoms with E-state index < -0.39 is 11.7 Å². The Labute approximate surface area is 127 Å². The third kappa shape index (κ3) is 3.50. The fraction of sp³-hybridized carbons (Fsp3) is 0.438. The molecule has 0 atom stereocenters. The maximum Gasteiger partial charge on any atom is 0.416 e. The van der Waals surface area contributed by atoms with Crippen molar-refractivity contribution in [1.29, 1.82) is 0 Å². The first-order valence-corrected chi connectivity index (χ1v) is 7.30. The molecule has 6 heteroatoms. The summed E-state index contributed by atoms with van der Waals surface area (Å²) in [6.07, 6.45) is 1.47. The van der Waals surface area contributed by atoms with Crippen LogP contribution in [0.5, 0.6) is 0 Å². The fourth-order valence-electron chi connectivity index (χ4n) is 2.70. The van der Waals surface area contributed by atoms with Gasteiger partial charge in [0.1, 0.15) is 0 Å². The molecule has 0 amide bonds. The van der Waals surface area contributed by atoms with E-state index in [4.69, 9.17) is 0 Å². The summed E-state index contributed by atoms with van der Waals surface area (Å²) in [5, 5.41) is 4.12. The summed E-state index contributed by atoms with van der Waals surface area (Å²) < 4.78 is 41.1. The molecule has 1 aromatic carbocycles. The van der Waals surface area contributed by atoms with E-state index in [1.54, 1.807) is 23.0 Å². The van der Waals surface area contributed by atoms with Crippen LogP contribution in [0.25, 0.3) is 0 Å². The lowest BCUT2D eigenvalue weighted by Crippen LogP contribution is -2.26. The van der Waals surface area contributed by atoms with Gasteiger partial charge in [0, 0.05) is 37.9 Å². The number of rotatable bonds is 5. The van der Waals surface area contributed by atoms with E-state index in [0.29, 0.717) is 24.7 Å². The zero-order chi connectivity index (χ0) is 15.7. The van der Waals surface area contributed by atoms with Crippen molar-refractivity contribution >= 4 is 0 Å². The number of alkyl halides is 3. The molecule has 1 aromatic heterocycles. The highest BCUT2D eigenvalue weighted by Gasteiger charge is 2.35. The van der Waals surface area contributed by atoms with Gasteiger partial charge in [-0.1, -0.05) is 18.2 Å². The van der Waals surface area contributed by atoms with Crippen LogP contribution in [-0.4, -0.2) is 20.7 Å². The van der Waals surface area contributed by atoms with Gasteiger partial charge in [0.25, 0.3) is 0 Å². The molecular formula is C16H18F3N3. The van der Waals surface area contributed by atoms with Gasteiger partial charge < -0.3 is 0 Å². The molecule has 3 nitrogen and oxygen atoms in total. The molecule has 1 saturated carbocycles. The topological polar surface area (TPSA) is 21.1 Å². The van der Waals surface area contributed by atoms with Crippen LogP contribution < -0.4 is 0 Å². The van der Waals surface area contributed by atoms with E-state index in [0.717, 1.165) is 24.5 Å². The van der Waals surface area contributed by atoms with Gasteiger partial charge in [0.2, 0.25) is 0 Å². The highest BCUT2D eigenvalue weighted by Crippen LogP contribution is 2.35. The maximum atomic E-state index is 13.1. The molecule has 1 aliphatic rings. The van der Waals surface area contributed by atoms with Crippen LogP contribution in [0.1, 0.15) is 29.5 Å². The first-order chi connectivity index (χ1) is 10.4. The zero-order valence-electron chi connectivity index (χ0n) is 12.3. The number of hydrogen-bond donors (Lipinski definition) is 0. The largest absolute Gasteiger partial charge is 0.416 e. The predicted octanol–water partition coefficient (Wildman–Crippen LogP) is 3.60. The Kier molecular flexibility index (Phi) is 3.95. The minimum absolute atomic E-state index is 0.315. The Bertz CT molecular complexity index is 644. The molecule has 1 aliphatic carbocycles. The number of halogens is 3. The molecular weight excluding hydrogens is 291 g/mol. The number of aryl methyl sites for hydroxylation is 1. The summed E-state index contributed by atoms with van der Waals surface area (Å²) in [7, 11) is 1.84. The predicted molar refractivity (Wildman–Crippen MR) is 76.9 cm³/mol. The minimum atomic E-state index is -4.31. The number of hydrogen-bond acceptors (Lipinski definition) is 2. The third-order valence-corrected chi connectivity index (χ3v) is 3.90. The van der Waals surface area contributed by atoms with Gasteiger partial charge in [-0.25, -0.2) is 0 Å². The Hall–Kier alpha value is -1.82. The second-order valence-corrected chi connectivity index (χ2v) is 5.81. The van der Waals surface area contributed by atoms with Crippen LogP contribution in [0, 0.1) is 0 Å². The number of aromatic nitrogens is 2. The molecule has 0 bridgehead atoms. The van der Waals surface area contributed by atoms with Gasteiger partial charge in [0.05, 0.1) is 11.8 Å². The molecule has 22 heavy (non-hydrogen) atoms. The van der Waals surface area contributed by atoms with Gasteiger partial charge in [0.15, 0.2) is 0 Å². The van der Waals surface area contributed by atoms with Gasteiger partial charge in [-0.2, -0.15) is 18.3 Å². The van der Waals surface area contributed by atoms with Gasteiger partial charge in [-0.15, -0.1) is 0 Å². The van der Waals surface area contributed by atoms with Crippen LogP contribution >= 0.6 is 0 Å². The van der Waals surface area contributed by atoms with E-state index in [1.807, 2.05) is 13.2 Å². The summed E-state index contributed by atoms with van der Waals surface area (Å²) in [5.74, 6) is 0. The van der Waals surface area contributed by atoms with E-state index in [1.165, 1.54) is 6.07 Å². The first-order valence-electron chi connectivity index (χ1n) is 7.30. The standard InChI is InChI=1S/C16H18F3N3/c1-21-9-12(8-20-21)10-22(14-6-7-14)11-13-4-2-3-5-15(13)16(17,18)19/h2-5,8-9,14H,6-7,10-11H2,1H3. The van der Waals surface area contributed by atoms with E-state index in [2.05, 4.69) is 10.00 Å². The summed E-state index contributed by atoms with van der Waals surface area (Å²) in [6.45, 7) is 0.944. The van der Waals surface area contributed by atoms with Gasteiger partial charge in [-0.3, -0.25) is 9.58 Å². The Morgan fingerprint density at radius 3 is 2.55 bits per heavy atom. The van der Waals surface area contributed by atoms with Crippen molar-refractivity contribution in [3.8, 4) is 0 Å². The third-order valence-electron chi connectivity index (χ3n) is 3.90. The summed E-state index contributed by atoms with van der Waals surface area (Å²) in [5.41, 5.74) is 0.830. The minimum Gasteiger partial charge on any atom is -0.292 e. The molecule has 0 N–H and O–H groups in total. The van der Waals surface area contributed by atoms with Crippen LogP contribution in [0.2, 0.25) is 0 Å². The van der Waals surface area contributed by atoms with Crippen molar-refractivity contribution < 1.29 is 13.2 Å². The summed E-state index contributed by atoms with van der Waals surface area (Å²) in [4.78, 5) is 2.11. The summed E-state index contributed by atoms with van der Waals surface area (Å²) in [6, 6.07) is 6.21. The van der Waals surface area contributed by atoms with Crippen LogP contribution in [0.3, 0.4) is 0 Å². The molecule has 0 spiro atoms. The smallest absolute Gasteiger partial charge is 0.292 e. The normalized spacial score (nSPS) is 15.5. The molecule has 1 heterocycles. The Morgan fingerprint density at radius 1 is 1.23 bits per heavy atom. The molecule has 118 valence electrons. The van der Waals surface area contributed by atoms with Crippen LogP contribution in [0.4, 0.5) is 13.2 Å². The summed E-state index contributed by atoms with van der Waals surface area (Å²) >= 11 is 0. The van der Waals surface area contributed by atoms with Gasteiger partial charge in [-0.05, 0) is 24.5 Å². The molecule has 0 unspecified atom stereocenters. The van der Waals surface area contributed by atoms with E-state index >= 15 is 0 Å². The van der Waals surface area contributed by atoms with Crippen molar-refractivity contribution in [1.82, 2.24) is 14.7 Å². The maximum absolute atomic E-state index is 13.1. The van der Waals surface area contributed by atoms with Crippen molar-refractivity contribution in [2.24, 2.45) is 7.05 Å². The van der Waals surface area contributed by atoms with Gasteiger partial charge >= 0.3 is 6.18 Å². The molecule has 2 aromatic rings. The van der Waals surface area contributed by atoms with Crippen molar-refractivity contribution in [3.63, 3.8) is 0 Å². The first kappa shape index (κ1) is 15.1. The fourth-order valence-corrected chi connectivity index (χ4v) is 2.70. The monoisotopic (exact) mass is 309 g/mol. The van der Waals surface area contributed by atoms with E-state index in [-0.39, 0.29) is 0 Å². The highest BCUT2D eigenvalue weighted by molar-refractivity contribution is 5.29. The molecule has 0 aliphatic heterocycles. The van der Waals surface area contributed by atoms with Crippen LogP contribution in [-0.2, 0) is 26.3 Å². The lowest BCUT2D eigenvalue weighted by Gasteiger charge is -2.23.